The minimum Gasteiger partial charge on any atom is -0.493 e. The number of benzene rings is 1. The van der Waals surface area contributed by atoms with Gasteiger partial charge in [0.05, 0.1) is 19.7 Å². The number of nitrogens with zero attached hydrogens (tertiary/aromatic N) is 3. The van der Waals surface area contributed by atoms with Gasteiger partial charge >= 0.3 is 0 Å². The fourth-order valence-electron chi connectivity index (χ4n) is 4.57. The summed E-state index contributed by atoms with van der Waals surface area (Å²) in [5, 5.41) is 5.71. The summed E-state index contributed by atoms with van der Waals surface area (Å²) in [5.41, 5.74) is 4.23. The Bertz CT molecular complexity index is 1180. The van der Waals surface area contributed by atoms with Crippen LogP contribution in [0.1, 0.15) is 6.92 Å². The van der Waals surface area contributed by atoms with E-state index in [9.17, 15) is 0 Å². The molecule has 7 heteroatoms. The maximum Gasteiger partial charge on any atom is 0.162 e. The van der Waals surface area contributed by atoms with E-state index < -0.39 is 0 Å². The Morgan fingerprint density at radius 1 is 1.13 bits per heavy atom. The van der Waals surface area contributed by atoms with Gasteiger partial charge in [-0.3, -0.25) is 4.90 Å². The van der Waals surface area contributed by atoms with E-state index in [1.54, 1.807) is 14.2 Å². The molecule has 31 heavy (non-hydrogen) atoms. The molecule has 0 saturated carbocycles. The van der Waals surface area contributed by atoms with Gasteiger partial charge in [0.25, 0.3) is 0 Å². The minimum absolute atomic E-state index is 0.546. The van der Waals surface area contributed by atoms with Crippen LogP contribution in [0, 0.1) is 0 Å². The number of fused-ring (bicyclic) bond motifs is 2. The van der Waals surface area contributed by atoms with Crippen molar-refractivity contribution in [2.75, 3.05) is 40.4 Å². The quantitative estimate of drug-likeness (QED) is 0.501. The molecule has 0 amide bonds. The van der Waals surface area contributed by atoms with Gasteiger partial charge in [-0.05, 0) is 31.2 Å². The van der Waals surface area contributed by atoms with Gasteiger partial charge < -0.3 is 24.3 Å². The molecule has 0 bridgehead atoms. The molecule has 5 rings (SSSR count). The molecule has 0 radical (unpaired) electrons. The first kappa shape index (κ1) is 19.9. The molecule has 1 atom stereocenters. The van der Waals surface area contributed by atoms with Crippen molar-refractivity contribution < 1.29 is 9.47 Å². The van der Waals surface area contributed by atoms with Gasteiger partial charge in [0.15, 0.2) is 11.5 Å². The lowest BCUT2D eigenvalue weighted by molar-refractivity contribution is 0.168. The molecule has 0 aliphatic carbocycles. The van der Waals surface area contributed by atoms with E-state index in [-0.39, 0.29) is 0 Å². The lowest BCUT2D eigenvalue weighted by Crippen LogP contribution is -2.50. The molecule has 7 nitrogen and oxygen atoms in total. The second-order valence-electron chi connectivity index (χ2n) is 8.17. The predicted molar refractivity (Wildman–Crippen MR) is 124 cm³/mol. The second kappa shape index (κ2) is 8.24. The van der Waals surface area contributed by atoms with E-state index in [0.717, 1.165) is 77.4 Å². The molecule has 1 fully saturated rings. The average Bonchev–Trinajstić information content (AvgIpc) is 3.38. The van der Waals surface area contributed by atoms with Crippen molar-refractivity contribution in [3.63, 3.8) is 0 Å². The molecular weight excluding hydrogens is 390 g/mol. The fourth-order valence-corrected chi connectivity index (χ4v) is 4.57. The van der Waals surface area contributed by atoms with Gasteiger partial charge in [-0.2, -0.15) is 0 Å². The van der Waals surface area contributed by atoms with Gasteiger partial charge in [-0.15, -0.1) is 0 Å². The van der Waals surface area contributed by atoms with Crippen LogP contribution in [0.25, 0.3) is 33.2 Å². The summed E-state index contributed by atoms with van der Waals surface area (Å²) in [6, 6.07) is 10.9. The molecule has 1 aliphatic heterocycles. The molecule has 4 aromatic rings. The molecule has 3 aromatic heterocycles. The van der Waals surface area contributed by atoms with Crippen molar-refractivity contribution in [1.29, 1.82) is 0 Å². The van der Waals surface area contributed by atoms with Crippen molar-refractivity contribution in [2.45, 2.75) is 19.5 Å². The van der Waals surface area contributed by atoms with E-state index in [4.69, 9.17) is 9.47 Å². The van der Waals surface area contributed by atoms with Crippen molar-refractivity contribution in [1.82, 2.24) is 24.8 Å². The maximum atomic E-state index is 5.60. The standard InChI is InChI=1S/C24H29N5O2/c1-16-14-25-7-8-28(16)9-10-29-15-19(20-11-17-5-4-6-26-24(17)27-20)18-12-22(30-2)23(31-3)13-21(18)29/h4-6,11-13,15-16,25H,7-10,14H2,1-3H3,(H,26,27). The highest BCUT2D eigenvalue weighted by Crippen LogP contribution is 2.38. The molecule has 0 spiro atoms. The minimum atomic E-state index is 0.546. The Kier molecular flexibility index (Phi) is 5.29. The van der Waals surface area contributed by atoms with E-state index in [1.807, 2.05) is 12.3 Å². The van der Waals surface area contributed by atoms with Crippen LogP contribution in [0.2, 0.25) is 0 Å². The lowest BCUT2D eigenvalue weighted by Gasteiger charge is -2.34. The third kappa shape index (κ3) is 3.64. The van der Waals surface area contributed by atoms with Crippen molar-refractivity contribution in [3.05, 3.63) is 42.7 Å². The fraction of sp³-hybridized carbons (Fsp3) is 0.375. The Morgan fingerprint density at radius 3 is 2.74 bits per heavy atom. The summed E-state index contributed by atoms with van der Waals surface area (Å²) in [7, 11) is 3.36. The molecule has 4 heterocycles. The SMILES string of the molecule is COc1cc2c(-c3cc4cccnc4[nH]3)cn(CCN3CCNCC3C)c2cc1OC. The molecular formula is C24H29N5O2. The normalized spacial score (nSPS) is 17.5. The average molecular weight is 420 g/mol. The number of nitrogens with one attached hydrogen (secondary N) is 2. The number of aromatic amines is 1. The van der Waals surface area contributed by atoms with Crippen LogP contribution >= 0.6 is 0 Å². The van der Waals surface area contributed by atoms with E-state index in [1.165, 1.54) is 0 Å². The number of methoxy groups -OCH3 is 2. The van der Waals surface area contributed by atoms with Gasteiger partial charge in [0, 0.05) is 79.3 Å². The van der Waals surface area contributed by atoms with Crippen LogP contribution in [0.4, 0.5) is 0 Å². The smallest absolute Gasteiger partial charge is 0.162 e. The number of ether oxygens (including phenoxy) is 2. The molecule has 1 unspecified atom stereocenters. The Morgan fingerprint density at radius 2 is 1.97 bits per heavy atom. The zero-order valence-electron chi connectivity index (χ0n) is 18.3. The first-order valence-electron chi connectivity index (χ1n) is 10.8. The molecule has 1 aliphatic rings. The van der Waals surface area contributed by atoms with Crippen LogP contribution in [0.3, 0.4) is 0 Å². The summed E-state index contributed by atoms with van der Waals surface area (Å²) in [4.78, 5) is 10.5. The third-order valence-electron chi connectivity index (χ3n) is 6.34. The van der Waals surface area contributed by atoms with Gasteiger partial charge in [0.2, 0.25) is 0 Å². The zero-order chi connectivity index (χ0) is 21.4. The van der Waals surface area contributed by atoms with Gasteiger partial charge in [0.1, 0.15) is 5.65 Å². The van der Waals surface area contributed by atoms with Gasteiger partial charge in [-0.1, -0.05) is 0 Å². The van der Waals surface area contributed by atoms with Crippen LogP contribution < -0.4 is 14.8 Å². The molecule has 1 saturated heterocycles. The van der Waals surface area contributed by atoms with Crippen molar-refractivity contribution >= 4 is 21.9 Å². The Balaban J connectivity index is 1.59. The number of piperazine rings is 1. The summed E-state index contributed by atoms with van der Waals surface area (Å²) >= 11 is 0. The van der Waals surface area contributed by atoms with Crippen molar-refractivity contribution in [2.24, 2.45) is 0 Å². The first-order chi connectivity index (χ1) is 15.2. The number of hydrogen-bond acceptors (Lipinski definition) is 5. The van der Waals surface area contributed by atoms with Crippen LogP contribution in [-0.4, -0.2) is 65.9 Å². The number of rotatable bonds is 6. The summed E-state index contributed by atoms with van der Waals surface area (Å²) in [6.07, 6.45) is 4.05. The van der Waals surface area contributed by atoms with E-state index >= 15 is 0 Å². The van der Waals surface area contributed by atoms with Crippen LogP contribution in [-0.2, 0) is 6.54 Å². The topological polar surface area (TPSA) is 67.3 Å². The van der Waals surface area contributed by atoms with Crippen LogP contribution in [0.5, 0.6) is 11.5 Å². The van der Waals surface area contributed by atoms with E-state index in [2.05, 4.69) is 62.1 Å². The monoisotopic (exact) mass is 419 g/mol. The zero-order valence-corrected chi connectivity index (χ0v) is 18.3. The number of aromatic nitrogens is 3. The first-order valence-corrected chi connectivity index (χ1v) is 10.8. The molecule has 1 aromatic carbocycles. The highest BCUT2D eigenvalue weighted by Gasteiger charge is 2.20. The summed E-state index contributed by atoms with van der Waals surface area (Å²) in [5.74, 6) is 1.48. The van der Waals surface area contributed by atoms with E-state index in [0.29, 0.717) is 6.04 Å². The van der Waals surface area contributed by atoms with Crippen molar-refractivity contribution in [3.8, 4) is 22.8 Å². The van der Waals surface area contributed by atoms with Crippen LogP contribution in [0.15, 0.2) is 42.7 Å². The predicted octanol–water partition coefficient (Wildman–Crippen LogP) is 3.50. The number of H-pyrrole nitrogens is 1. The molecule has 2 N–H and O–H groups in total. The molecule has 162 valence electrons. The Labute approximate surface area is 182 Å². The largest absolute Gasteiger partial charge is 0.493 e. The lowest BCUT2D eigenvalue weighted by atomic mass is 10.1. The summed E-state index contributed by atoms with van der Waals surface area (Å²) < 4.78 is 13.5. The highest BCUT2D eigenvalue weighted by atomic mass is 16.5. The third-order valence-corrected chi connectivity index (χ3v) is 6.34. The van der Waals surface area contributed by atoms with Gasteiger partial charge in [-0.25, -0.2) is 4.98 Å². The number of pyridine rings is 1. The second-order valence-corrected chi connectivity index (χ2v) is 8.17. The summed E-state index contributed by atoms with van der Waals surface area (Å²) in [6.45, 7) is 7.39. The number of hydrogen-bond donors (Lipinski definition) is 2. The highest BCUT2D eigenvalue weighted by molar-refractivity contribution is 5.99. The Hall–Kier alpha value is -3.03. The maximum absolute atomic E-state index is 5.60.